The van der Waals surface area contributed by atoms with Gasteiger partial charge in [0.2, 0.25) is 15.9 Å². The van der Waals surface area contributed by atoms with Crippen LogP contribution in [0.4, 0.5) is 4.39 Å². The van der Waals surface area contributed by atoms with Gasteiger partial charge in [0.15, 0.2) is 0 Å². The van der Waals surface area contributed by atoms with Gasteiger partial charge in [0, 0.05) is 25.1 Å². The van der Waals surface area contributed by atoms with Crippen LogP contribution in [0.2, 0.25) is 0 Å². The van der Waals surface area contributed by atoms with Gasteiger partial charge >= 0.3 is 0 Å². The number of thioether (sulfide) groups is 1. The molecule has 146 valence electrons. The number of carbonyl (C=O) groups excluding carboxylic acids is 1. The summed E-state index contributed by atoms with van der Waals surface area (Å²) < 4.78 is 38.5. The summed E-state index contributed by atoms with van der Waals surface area (Å²) in [7, 11) is -2.16. The molecule has 5 nitrogen and oxygen atoms in total. The Bertz CT molecular complexity index is 860. The van der Waals surface area contributed by atoms with E-state index < -0.39 is 16.1 Å². The van der Waals surface area contributed by atoms with Crippen LogP contribution in [0, 0.1) is 5.82 Å². The van der Waals surface area contributed by atoms with Gasteiger partial charge in [-0.15, -0.1) is 0 Å². The van der Waals surface area contributed by atoms with Crippen LogP contribution in [0.15, 0.2) is 54.6 Å². The standard InChI is InChI=1S/C19H23FN2O3S2/c1-22(27(2,24)25)18(15-8-4-3-5-9-15)19(23)21-12-13-26-14-16-10-6-7-11-17(16)20/h3-11,18H,12-14H2,1-2H3,(H,21,23)/t18-/m0/s1. The molecule has 0 fully saturated rings. The minimum absolute atomic E-state index is 0.243. The van der Waals surface area contributed by atoms with Crippen molar-refractivity contribution in [3.63, 3.8) is 0 Å². The second-order valence-electron chi connectivity index (χ2n) is 6.03. The summed E-state index contributed by atoms with van der Waals surface area (Å²) >= 11 is 1.50. The molecule has 1 N–H and O–H groups in total. The molecule has 1 amide bonds. The summed E-state index contributed by atoms with van der Waals surface area (Å²) in [6.07, 6.45) is 1.07. The van der Waals surface area contributed by atoms with Crippen molar-refractivity contribution >= 4 is 27.7 Å². The van der Waals surface area contributed by atoms with E-state index in [0.29, 0.717) is 29.2 Å². The normalized spacial score (nSPS) is 12.7. The zero-order chi connectivity index (χ0) is 19.9. The Labute approximate surface area is 164 Å². The molecule has 0 bridgehead atoms. The highest BCUT2D eigenvalue weighted by Crippen LogP contribution is 2.22. The monoisotopic (exact) mass is 410 g/mol. The molecule has 2 aromatic rings. The molecule has 0 heterocycles. The van der Waals surface area contributed by atoms with Crippen molar-refractivity contribution < 1.29 is 17.6 Å². The van der Waals surface area contributed by atoms with Gasteiger partial charge in [0.05, 0.1) is 6.26 Å². The number of halogens is 1. The summed E-state index contributed by atoms with van der Waals surface area (Å²) in [4.78, 5) is 12.6. The number of likely N-dealkylation sites (N-methyl/N-ethyl adjacent to an activating group) is 1. The fourth-order valence-corrected chi connectivity index (χ4v) is 3.94. The maximum atomic E-state index is 13.6. The van der Waals surface area contributed by atoms with Crippen LogP contribution in [0.25, 0.3) is 0 Å². The maximum Gasteiger partial charge on any atom is 0.243 e. The Morgan fingerprint density at radius 2 is 1.78 bits per heavy atom. The van der Waals surface area contributed by atoms with Crippen LogP contribution in [0.3, 0.4) is 0 Å². The third-order valence-electron chi connectivity index (χ3n) is 4.01. The molecule has 1 atom stereocenters. The van der Waals surface area contributed by atoms with E-state index in [0.717, 1.165) is 10.6 Å². The first kappa shape index (κ1) is 21.4. The fraction of sp³-hybridized carbons (Fsp3) is 0.316. The minimum Gasteiger partial charge on any atom is -0.354 e. The topological polar surface area (TPSA) is 66.5 Å². The van der Waals surface area contributed by atoms with Crippen LogP contribution >= 0.6 is 11.8 Å². The third kappa shape index (κ3) is 6.34. The highest BCUT2D eigenvalue weighted by Gasteiger charge is 2.30. The van der Waals surface area contributed by atoms with Gasteiger partial charge in [0.25, 0.3) is 0 Å². The molecule has 0 aromatic heterocycles. The molecule has 0 saturated carbocycles. The van der Waals surface area contributed by atoms with Gasteiger partial charge in [-0.25, -0.2) is 12.8 Å². The lowest BCUT2D eigenvalue weighted by Gasteiger charge is -2.25. The van der Waals surface area contributed by atoms with Crippen molar-refractivity contribution in [3.8, 4) is 0 Å². The molecule has 2 rings (SSSR count). The van der Waals surface area contributed by atoms with E-state index in [1.54, 1.807) is 48.5 Å². The zero-order valence-electron chi connectivity index (χ0n) is 15.3. The van der Waals surface area contributed by atoms with Crippen LogP contribution in [-0.2, 0) is 20.6 Å². The van der Waals surface area contributed by atoms with E-state index in [1.165, 1.54) is 24.9 Å². The van der Waals surface area contributed by atoms with E-state index >= 15 is 0 Å². The van der Waals surface area contributed by atoms with Crippen molar-refractivity contribution in [1.82, 2.24) is 9.62 Å². The molecule has 0 spiro atoms. The van der Waals surface area contributed by atoms with E-state index in [-0.39, 0.29) is 11.7 Å². The average Bonchev–Trinajstić information content (AvgIpc) is 2.63. The maximum absolute atomic E-state index is 13.6. The summed E-state index contributed by atoms with van der Waals surface area (Å²) in [5.41, 5.74) is 1.22. The molecule has 0 saturated heterocycles. The average molecular weight is 411 g/mol. The number of nitrogens with zero attached hydrogens (tertiary/aromatic N) is 1. The molecule has 2 aromatic carbocycles. The van der Waals surface area contributed by atoms with E-state index in [4.69, 9.17) is 0 Å². The first-order valence-corrected chi connectivity index (χ1v) is 11.4. The van der Waals surface area contributed by atoms with Crippen LogP contribution in [0.1, 0.15) is 17.2 Å². The number of amides is 1. The number of carbonyl (C=O) groups is 1. The number of hydrogen-bond donors (Lipinski definition) is 1. The Morgan fingerprint density at radius 3 is 2.41 bits per heavy atom. The summed E-state index contributed by atoms with van der Waals surface area (Å²) in [5.74, 6) is 0.464. The van der Waals surface area contributed by atoms with E-state index in [9.17, 15) is 17.6 Å². The van der Waals surface area contributed by atoms with Crippen molar-refractivity contribution in [1.29, 1.82) is 0 Å². The van der Waals surface area contributed by atoms with Gasteiger partial charge in [-0.05, 0) is 17.2 Å². The number of hydrogen-bond acceptors (Lipinski definition) is 4. The number of sulfonamides is 1. The molecular weight excluding hydrogens is 387 g/mol. The van der Waals surface area contributed by atoms with Gasteiger partial charge in [-0.3, -0.25) is 4.79 Å². The second kappa shape index (κ2) is 9.87. The molecule has 0 radical (unpaired) electrons. The number of benzene rings is 2. The Hall–Kier alpha value is -1.90. The quantitative estimate of drug-likeness (QED) is 0.646. The fourth-order valence-electron chi connectivity index (χ4n) is 2.49. The highest BCUT2D eigenvalue weighted by atomic mass is 32.2. The Balaban J connectivity index is 1.93. The lowest BCUT2D eigenvalue weighted by molar-refractivity contribution is -0.124. The Morgan fingerprint density at radius 1 is 1.15 bits per heavy atom. The molecule has 0 aliphatic heterocycles. The van der Waals surface area contributed by atoms with Gasteiger partial charge < -0.3 is 5.32 Å². The van der Waals surface area contributed by atoms with Crippen LogP contribution in [0.5, 0.6) is 0 Å². The molecule has 8 heteroatoms. The molecule has 0 unspecified atom stereocenters. The zero-order valence-corrected chi connectivity index (χ0v) is 16.9. The number of rotatable bonds is 9. The lowest BCUT2D eigenvalue weighted by Crippen LogP contribution is -2.41. The summed E-state index contributed by atoms with van der Waals surface area (Å²) in [6.45, 7) is 0.360. The predicted octanol–water partition coefficient (Wildman–Crippen LogP) is 2.81. The third-order valence-corrected chi connectivity index (χ3v) is 6.28. The number of nitrogens with one attached hydrogen (secondary N) is 1. The van der Waals surface area contributed by atoms with Crippen molar-refractivity contribution in [2.75, 3.05) is 25.6 Å². The first-order chi connectivity index (χ1) is 12.8. The van der Waals surface area contributed by atoms with Crippen molar-refractivity contribution in [2.45, 2.75) is 11.8 Å². The van der Waals surface area contributed by atoms with E-state index in [1.807, 2.05) is 0 Å². The highest BCUT2D eigenvalue weighted by molar-refractivity contribution is 7.98. The van der Waals surface area contributed by atoms with Gasteiger partial charge in [-0.2, -0.15) is 16.1 Å². The predicted molar refractivity (Wildman–Crippen MR) is 107 cm³/mol. The minimum atomic E-state index is -3.55. The van der Waals surface area contributed by atoms with Gasteiger partial charge in [-0.1, -0.05) is 48.5 Å². The summed E-state index contributed by atoms with van der Waals surface area (Å²) in [6, 6.07) is 14.4. The SMILES string of the molecule is CN([C@H](C(=O)NCCSCc1ccccc1F)c1ccccc1)S(C)(=O)=O. The molecule has 0 aliphatic carbocycles. The molecule has 27 heavy (non-hydrogen) atoms. The smallest absolute Gasteiger partial charge is 0.243 e. The molecule has 0 aliphatic rings. The van der Waals surface area contributed by atoms with Crippen LogP contribution in [-0.4, -0.2) is 44.2 Å². The lowest BCUT2D eigenvalue weighted by atomic mass is 10.1. The van der Waals surface area contributed by atoms with Crippen LogP contribution < -0.4 is 5.32 Å². The second-order valence-corrected chi connectivity index (χ2v) is 9.17. The van der Waals surface area contributed by atoms with Crippen molar-refractivity contribution in [2.24, 2.45) is 0 Å². The Kier molecular flexibility index (Phi) is 7.82. The first-order valence-electron chi connectivity index (χ1n) is 8.37. The molecular formula is C19H23FN2O3S2. The summed E-state index contributed by atoms with van der Waals surface area (Å²) in [5, 5.41) is 2.78. The van der Waals surface area contributed by atoms with E-state index in [2.05, 4.69) is 5.32 Å². The largest absolute Gasteiger partial charge is 0.354 e. The van der Waals surface area contributed by atoms with Crippen molar-refractivity contribution in [3.05, 3.63) is 71.5 Å². The van der Waals surface area contributed by atoms with Gasteiger partial charge in [0.1, 0.15) is 11.9 Å².